The Hall–Kier alpha value is -2.35. The van der Waals surface area contributed by atoms with Crippen molar-refractivity contribution in [2.24, 2.45) is 0 Å². The van der Waals surface area contributed by atoms with Crippen molar-refractivity contribution in [1.29, 1.82) is 0 Å². The molecule has 1 aromatic heterocycles. The van der Waals surface area contributed by atoms with Crippen LogP contribution in [-0.2, 0) is 9.53 Å². The first-order chi connectivity index (χ1) is 15.3. The topological polar surface area (TPSA) is 73.2 Å². The molecule has 2 aromatic carbocycles. The normalized spacial score (nSPS) is 12.2. The Balaban J connectivity index is 1.98. The second-order valence-electron chi connectivity index (χ2n) is 7.52. The van der Waals surface area contributed by atoms with Crippen LogP contribution in [0.25, 0.3) is 16.6 Å². The standard InChI is InChI=1S/C24H28ClN3O3S/c1-5-31-13-7-12-26-22(29)17(4)32-24-27-20-14-18(25)10-11-19(20)23(30)28(24)21-9-6-8-15(2)16(21)3/h6,8-11,14,17H,5,7,12-13H2,1-4H3,(H,26,29). The van der Waals surface area contributed by atoms with Crippen molar-refractivity contribution in [3.05, 3.63) is 62.9 Å². The Bertz CT molecular complexity index is 1180. The van der Waals surface area contributed by atoms with E-state index in [1.165, 1.54) is 11.8 Å². The van der Waals surface area contributed by atoms with Gasteiger partial charge in [-0.2, -0.15) is 0 Å². The summed E-state index contributed by atoms with van der Waals surface area (Å²) >= 11 is 7.40. The zero-order valence-electron chi connectivity index (χ0n) is 18.8. The Morgan fingerprint density at radius 1 is 1.28 bits per heavy atom. The van der Waals surface area contributed by atoms with Gasteiger partial charge in [0.05, 0.1) is 21.8 Å². The highest BCUT2D eigenvalue weighted by Gasteiger charge is 2.21. The van der Waals surface area contributed by atoms with E-state index in [2.05, 4.69) is 5.32 Å². The van der Waals surface area contributed by atoms with E-state index in [-0.39, 0.29) is 11.5 Å². The molecule has 1 N–H and O–H groups in total. The van der Waals surface area contributed by atoms with E-state index in [0.717, 1.165) is 23.2 Å². The van der Waals surface area contributed by atoms with E-state index in [1.54, 1.807) is 22.8 Å². The lowest BCUT2D eigenvalue weighted by Crippen LogP contribution is -2.33. The van der Waals surface area contributed by atoms with Crippen molar-refractivity contribution in [2.45, 2.75) is 44.5 Å². The monoisotopic (exact) mass is 473 g/mol. The third kappa shape index (κ3) is 5.52. The molecule has 6 nitrogen and oxygen atoms in total. The highest BCUT2D eigenvalue weighted by Crippen LogP contribution is 2.28. The summed E-state index contributed by atoms with van der Waals surface area (Å²) < 4.78 is 6.90. The van der Waals surface area contributed by atoms with Gasteiger partial charge in [-0.25, -0.2) is 4.98 Å². The zero-order chi connectivity index (χ0) is 23.3. The van der Waals surface area contributed by atoms with E-state index in [9.17, 15) is 9.59 Å². The Kier molecular flexibility index (Phi) is 8.34. The van der Waals surface area contributed by atoms with Crippen LogP contribution in [0.1, 0.15) is 31.4 Å². The van der Waals surface area contributed by atoms with E-state index >= 15 is 0 Å². The fourth-order valence-corrected chi connectivity index (χ4v) is 4.40. The van der Waals surface area contributed by atoms with Gasteiger partial charge in [0.2, 0.25) is 5.91 Å². The number of ether oxygens (including phenoxy) is 1. The van der Waals surface area contributed by atoms with E-state index in [1.807, 2.05) is 45.9 Å². The summed E-state index contributed by atoms with van der Waals surface area (Å²) in [6, 6.07) is 10.9. The molecular weight excluding hydrogens is 446 g/mol. The number of carbonyl (C=O) groups is 1. The van der Waals surface area contributed by atoms with Crippen molar-refractivity contribution in [2.75, 3.05) is 19.8 Å². The molecule has 1 amide bonds. The summed E-state index contributed by atoms with van der Waals surface area (Å²) in [4.78, 5) is 30.9. The van der Waals surface area contributed by atoms with Crippen LogP contribution in [0.4, 0.5) is 0 Å². The molecule has 1 atom stereocenters. The van der Waals surface area contributed by atoms with Gasteiger partial charge in [-0.15, -0.1) is 0 Å². The maximum absolute atomic E-state index is 13.5. The first-order valence-electron chi connectivity index (χ1n) is 10.6. The number of aromatic nitrogens is 2. The first-order valence-corrected chi connectivity index (χ1v) is 11.9. The molecule has 0 aliphatic rings. The number of thioether (sulfide) groups is 1. The summed E-state index contributed by atoms with van der Waals surface area (Å²) in [5.41, 5.74) is 3.13. The minimum atomic E-state index is -0.443. The summed E-state index contributed by atoms with van der Waals surface area (Å²) in [5, 5.41) is 3.92. The van der Waals surface area contributed by atoms with Crippen molar-refractivity contribution >= 4 is 40.2 Å². The number of halogens is 1. The number of nitrogens with zero attached hydrogens (tertiary/aromatic N) is 2. The van der Waals surface area contributed by atoms with Gasteiger partial charge in [-0.05, 0) is 69.5 Å². The third-order valence-corrected chi connectivity index (χ3v) is 6.53. The number of hydrogen-bond donors (Lipinski definition) is 1. The molecule has 0 radical (unpaired) electrons. The third-order valence-electron chi connectivity index (χ3n) is 5.24. The molecule has 170 valence electrons. The Morgan fingerprint density at radius 2 is 2.06 bits per heavy atom. The lowest BCUT2D eigenvalue weighted by Gasteiger charge is -2.18. The predicted octanol–water partition coefficient (Wildman–Crippen LogP) is 4.68. The molecule has 0 saturated carbocycles. The van der Waals surface area contributed by atoms with Crippen LogP contribution >= 0.6 is 23.4 Å². The zero-order valence-corrected chi connectivity index (χ0v) is 20.3. The molecule has 0 aliphatic carbocycles. The average Bonchev–Trinajstić information content (AvgIpc) is 2.76. The highest BCUT2D eigenvalue weighted by atomic mass is 35.5. The van der Waals surface area contributed by atoms with E-state index in [4.69, 9.17) is 21.3 Å². The number of fused-ring (bicyclic) bond motifs is 1. The van der Waals surface area contributed by atoms with Gasteiger partial charge >= 0.3 is 0 Å². The van der Waals surface area contributed by atoms with Crippen LogP contribution in [0.2, 0.25) is 5.02 Å². The molecule has 32 heavy (non-hydrogen) atoms. The Morgan fingerprint density at radius 3 is 2.81 bits per heavy atom. The van der Waals surface area contributed by atoms with Gasteiger partial charge in [0.15, 0.2) is 5.16 Å². The van der Waals surface area contributed by atoms with Crippen molar-refractivity contribution in [1.82, 2.24) is 14.9 Å². The number of aryl methyl sites for hydroxylation is 1. The number of amides is 1. The largest absolute Gasteiger partial charge is 0.382 e. The molecular formula is C24H28ClN3O3S. The predicted molar refractivity (Wildman–Crippen MR) is 131 cm³/mol. The number of nitrogens with one attached hydrogen (secondary N) is 1. The van der Waals surface area contributed by atoms with Crippen molar-refractivity contribution < 1.29 is 9.53 Å². The van der Waals surface area contributed by atoms with Crippen LogP contribution in [0, 0.1) is 13.8 Å². The van der Waals surface area contributed by atoms with E-state index < -0.39 is 5.25 Å². The minimum absolute atomic E-state index is 0.112. The molecule has 8 heteroatoms. The van der Waals surface area contributed by atoms with Crippen LogP contribution in [0.15, 0.2) is 46.3 Å². The van der Waals surface area contributed by atoms with Gasteiger partial charge < -0.3 is 10.1 Å². The average molecular weight is 474 g/mol. The number of hydrogen-bond acceptors (Lipinski definition) is 5. The van der Waals surface area contributed by atoms with Crippen LogP contribution in [0.3, 0.4) is 0 Å². The molecule has 1 heterocycles. The smallest absolute Gasteiger partial charge is 0.266 e. The summed E-state index contributed by atoms with van der Waals surface area (Å²) in [6.07, 6.45) is 0.747. The van der Waals surface area contributed by atoms with Crippen molar-refractivity contribution in [3.63, 3.8) is 0 Å². The van der Waals surface area contributed by atoms with Crippen molar-refractivity contribution in [3.8, 4) is 5.69 Å². The molecule has 1 unspecified atom stereocenters. The molecule has 0 spiro atoms. The maximum atomic E-state index is 13.5. The second-order valence-corrected chi connectivity index (χ2v) is 9.26. The SMILES string of the molecule is CCOCCCNC(=O)C(C)Sc1nc2cc(Cl)ccc2c(=O)n1-c1cccc(C)c1C. The highest BCUT2D eigenvalue weighted by molar-refractivity contribution is 8.00. The minimum Gasteiger partial charge on any atom is -0.382 e. The quantitative estimate of drug-likeness (QED) is 0.277. The van der Waals surface area contributed by atoms with Gasteiger partial charge in [-0.3, -0.25) is 14.2 Å². The first kappa shape index (κ1) is 24.3. The molecule has 0 aliphatic heterocycles. The second kappa shape index (κ2) is 11.0. The molecule has 0 bridgehead atoms. The number of benzene rings is 2. The fourth-order valence-electron chi connectivity index (χ4n) is 3.29. The molecule has 0 saturated heterocycles. The molecule has 3 aromatic rings. The van der Waals surface area contributed by atoms with Crippen LogP contribution < -0.4 is 10.9 Å². The summed E-state index contributed by atoms with van der Waals surface area (Å²) in [7, 11) is 0. The fraction of sp³-hybridized carbons (Fsp3) is 0.375. The maximum Gasteiger partial charge on any atom is 0.266 e. The molecule has 0 fully saturated rings. The van der Waals surface area contributed by atoms with Gasteiger partial charge in [0.1, 0.15) is 0 Å². The lowest BCUT2D eigenvalue weighted by molar-refractivity contribution is -0.120. The number of rotatable bonds is 9. The van der Waals surface area contributed by atoms with Crippen LogP contribution in [-0.4, -0.2) is 40.5 Å². The van der Waals surface area contributed by atoms with Crippen LogP contribution in [0.5, 0.6) is 0 Å². The van der Waals surface area contributed by atoms with E-state index in [0.29, 0.717) is 40.8 Å². The summed E-state index contributed by atoms with van der Waals surface area (Å²) in [5.74, 6) is -0.112. The molecule has 3 rings (SSSR count). The number of carbonyl (C=O) groups excluding carboxylic acids is 1. The Labute approximate surface area is 197 Å². The lowest BCUT2D eigenvalue weighted by atomic mass is 10.1. The van der Waals surface area contributed by atoms with Gasteiger partial charge in [-0.1, -0.05) is 35.5 Å². The van der Waals surface area contributed by atoms with Gasteiger partial charge in [0, 0.05) is 24.8 Å². The van der Waals surface area contributed by atoms with Gasteiger partial charge in [0.25, 0.3) is 5.56 Å². The summed E-state index contributed by atoms with van der Waals surface area (Å²) in [6.45, 7) is 9.54.